The van der Waals surface area contributed by atoms with Crippen LogP contribution in [0.5, 0.6) is 0 Å². The number of anilines is 1. The summed E-state index contributed by atoms with van der Waals surface area (Å²) >= 11 is 7.81. The van der Waals surface area contributed by atoms with Gasteiger partial charge in [-0.15, -0.1) is 0 Å². The van der Waals surface area contributed by atoms with Crippen molar-refractivity contribution >= 4 is 35.0 Å². The van der Waals surface area contributed by atoms with Crippen LogP contribution in [0.2, 0.25) is 5.02 Å². The second-order valence-corrected chi connectivity index (χ2v) is 6.39. The fourth-order valence-corrected chi connectivity index (χ4v) is 2.95. The Hall–Kier alpha value is -2.31. The van der Waals surface area contributed by atoms with Gasteiger partial charge in [0.25, 0.3) is 5.91 Å². The maximum atomic E-state index is 12.5. The average molecular weight is 359 g/mol. The van der Waals surface area contributed by atoms with Crippen LogP contribution in [-0.2, 0) is 5.75 Å². The van der Waals surface area contributed by atoms with Crippen LogP contribution >= 0.6 is 23.4 Å². The molecule has 0 unspecified atom stereocenters. The van der Waals surface area contributed by atoms with Gasteiger partial charge in [-0.05, 0) is 42.2 Å². The molecule has 24 heavy (non-hydrogen) atoms. The third kappa shape index (κ3) is 3.77. The summed E-state index contributed by atoms with van der Waals surface area (Å²) in [6, 6.07) is 12.8. The lowest BCUT2D eigenvalue weighted by atomic mass is 10.1. The molecule has 0 saturated carbocycles. The van der Waals surface area contributed by atoms with Gasteiger partial charge in [0.1, 0.15) is 12.7 Å². The molecule has 0 bridgehead atoms. The first kappa shape index (κ1) is 16.5. The Bertz CT molecular complexity index is 834. The van der Waals surface area contributed by atoms with Crippen LogP contribution in [-0.4, -0.2) is 26.9 Å². The van der Waals surface area contributed by atoms with Crippen molar-refractivity contribution < 1.29 is 4.79 Å². The zero-order valence-electron chi connectivity index (χ0n) is 12.9. The third-order valence-electron chi connectivity index (χ3n) is 3.40. The van der Waals surface area contributed by atoms with Gasteiger partial charge in [0.05, 0.1) is 11.4 Å². The summed E-state index contributed by atoms with van der Waals surface area (Å²) in [6.45, 7) is 0. The Morgan fingerprint density at radius 1 is 1.25 bits per heavy atom. The molecular weight excluding hydrogens is 344 g/mol. The molecule has 0 aliphatic heterocycles. The smallest absolute Gasteiger partial charge is 0.255 e. The monoisotopic (exact) mass is 358 g/mol. The number of hydrogen-bond donors (Lipinski definition) is 1. The molecule has 3 aromatic rings. The van der Waals surface area contributed by atoms with E-state index in [1.54, 1.807) is 41.0 Å². The molecule has 5 nitrogen and oxygen atoms in total. The molecule has 2 aromatic carbocycles. The van der Waals surface area contributed by atoms with Crippen molar-refractivity contribution in [2.75, 3.05) is 11.6 Å². The van der Waals surface area contributed by atoms with E-state index in [0.717, 1.165) is 5.75 Å². The van der Waals surface area contributed by atoms with Crippen molar-refractivity contribution in [3.63, 3.8) is 0 Å². The molecule has 7 heteroatoms. The summed E-state index contributed by atoms with van der Waals surface area (Å²) in [4.78, 5) is 16.4. The van der Waals surface area contributed by atoms with E-state index in [1.165, 1.54) is 11.9 Å². The zero-order valence-corrected chi connectivity index (χ0v) is 14.5. The van der Waals surface area contributed by atoms with E-state index in [0.29, 0.717) is 22.0 Å². The number of carbonyl (C=O) groups is 1. The van der Waals surface area contributed by atoms with Crippen molar-refractivity contribution in [2.24, 2.45) is 0 Å². The second kappa shape index (κ2) is 7.51. The van der Waals surface area contributed by atoms with Crippen molar-refractivity contribution in [2.45, 2.75) is 5.75 Å². The lowest BCUT2D eigenvalue weighted by Crippen LogP contribution is -2.14. The molecule has 0 aliphatic carbocycles. The topological polar surface area (TPSA) is 59.8 Å². The molecule has 0 aliphatic rings. The number of thioether (sulfide) groups is 1. The van der Waals surface area contributed by atoms with Crippen LogP contribution in [0.4, 0.5) is 5.69 Å². The van der Waals surface area contributed by atoms with Crippen LogP contribution in [0.15, 0.2) is 55.1 Å². The Balaban J connectivity index is 1.85. The van der Waals surface area contributed by atoms with Crippen LogP contribution in [0, 0.1) is 0 Å². The van der Waals surface area contributed by atoms with E-state index >= 15 is 0 Å². The molecule has 0 atom stereocenters. The van der Waals surface area contributed by atoms with Gasteiger partial charge in [0, 0.05) is 16.3 Å². The minimum absolute atomic E-state index is 0.200. The summed E-state index contributed by atoms with van der Waals surface area (Å²) in [5, 5.41) is 7.52. The number of rotatable bonds is 5. The standard InChI is InChI=1S/C17H15ClN4OS/c1-24-9-12-2-4-13(5-3-12)17(23)21-15-8-14(18)6-7-16(15)22-11-19-10-20-22/h2-8,10-11H,9H2,1H3,(H,21,23). The van der Waals surface area contributed by atoms with E-state index in [2.05, 4.69) is 15.4 Å². The number of carbonyl (C=O) groups excluding carboxylic acids is 1. The minimum Gasteiger partial charge on any atom is -0.320 e. The maximum absolute atomic E-state index is 12.5. The third-order valence-corrected chi connectivity index (χ3v) is 4.26. The SMILES string of the molecule is CSCc1ccc(C(=O)Nc2cc(Cl)ccc2-n2cncn2)cc1. The highest BCUT2D eigenvalue weighted by atomic mass is 35.5. The van der Waals surface area contributed by atoms with E-state index in [1.807, 2.05) is 30.5 Å². The lowest BCUT2D eigenvalue weighted by Gasteiger charge is -2.11. The first-order valence-corrected chi connectivity index (χ1v) is 8.98. The first-order chi connectivity index (χ1) is 11.7. The van der Waals surface area contributed by atoms with Crippen LogP contribution in [0.3, 0.4) is 0 Å². The molecule has 1 N–H and O–H groups in total. The van der Waals surface area contributed by atoms with Crippen LogP contribution in [0.1, 0.15) is 15.9 Å². The molecule has 3 rings (SSSR count). The van der Waals surface area contributed by atoms with E-state index in [-0.39, 0.29) is 5.91 Å². The van der Waals surface area contributed by atoms with Gasteiger partial charge in [-0.25, -0.2) is 9.67 Å². The number of benzene rings is 2. The summed E-state index contributed by atoms with van der Waals surface area (Å²) < 4.78 is 1.58. The fourth-order valence-electron chi connectivity index (χ4n) is 2.25. The lowest BCUT2D eigenvalue weighted by molar-refractivity contribution is 0.102. The molecule has 1 heterocycles. The van der Waals surface area contributed by atoms with E-state index < -0.39 is 0 Å². The molecule has 0 spiro atoms. The van der Waals surface area contributed by atoms with Gasteiger partial charge in [-0.3, -0.25) is 4.79 Å². The van der Waals surface area contributed by atoms with Crippen molar-refractivity contribution in [1.82, 2.24) is 14.8 Å². The highest BCUT2D eigenvalue weighted by Gasteiger charge is 2.11. The zero-order chi connectivity index (χ0) is 16.9. The van der Waals surface area contributed by atoms with Gasteiger partial charge >= 0.3 is 0 Å². The van der Waals surface area contributed by atoms with Crippen molar-refractivity contribution in [1.29, 1.82) is 0 Å². The normalized spacial score (nSPS) is 10.6. The van der Waals surface area contributed by atoms with Crippen LogP contribution in [0.25, 0.3) is 5.69 Å². The first-order valence-electron chi connectivity index (χ1n) is 7.21. The molecular formula is C17H15ClN4OS. The van der Waals surface area contributed by atoms with Crippen LogP contribution < -0.4 is 5.32 Å². The van der Waals surface area contributed by atoms with Gasteiger partial charge < -0.3 is 5.32 Å². The van der Waals surface area contributed by atoms with Gasteiger partial charge in [-0.2, -0.15) is 16.9 Å². The Kier molecular flexibility index (Phi) is 5.17. The van der Waals surface area contributed by atoms with Gasteiger partial charge in [-0.1, -0.05) is 23.7 Å². The van der Waals surface area contributed by atoms with Gasteiger partial charge in [0.2, 0.25) is 0 Å². The predicted molar refractivity (Wildman–Crippen MR) is 98.0 cm³/mol. The minimum atomic E-state index is -0.200. The Morgan fingerprint density at radius 3 is 2.71 bits per heavy atom. The maximum Gasteiger partial charge on any atom is 0.255 e. The summed E-state index contributed by atoms with van der Waals surface area (Å²) in [7, 11) is 0. The second-order valence-electron chi connectivity index (χ2n) is 5.09. The molecule has 0 radical (unpaired) electrons. The number of amides is 1. The number of aromatic nitrogens is 3. The molecule has 1 amide bonds. The Morgan fingerprint density at radius 2 is 2.04 bits per heavy atom. The number of hydrogen-bond acceptors (Lipinski definition) is 4. The van der Waals surface area contributed by atoms with E-state index in [9.17, 15) is 4.79 Å². The van der Waals surface area contributed by atoms with Crippen molar-refractivity contribution in [3.05, 3.63) is 71.3 Å². The van der Waals surface area contributed by atoms with Gasteiger partial charge in [0.15, 0.2) is 0 Å². The number of halogens is 1. The summed E-state index contributed by atoms with van der Waals surface area (Å²) in [5.74, 6) is 0.724. The highest BCUT2D eigenvalue weighted by Crippen LogP contribution is 2.24. The van der Waals surface area contributed by atoms with E-state index in [4.69, 9.17) is 11.6 Å². The fraction of sp³-hybridized carbons (Fsp3) is 0.118. The molecule has 122 valence electrons. The molecule has 0 fully saturated rings. The number of nitrogens with zero attached hydrogens (tertiary/aromatic N) is 3. The largest absolute Gasteiger partial charge is 0.320 e. The Labute approximate surface area is 149 Å². The molecule has 1 aromatic heterocycles. The highest BCUT2D eigenvalue weighted by molar-refractivity contribution is 7.97. The molecule has 0 saturated heterocycles. The summed E-state index contributed by atoms with van der Waals surface area (Å²) in [6.07, 6.45) is 5.05. The quantitative estimate of drug-likeness (QED) is 0.747. The summed E-state index contributed by atoms with van der Waals surface area (Å²) in [5.41, 5.74) is 3.05. The predicted octanol–water partition coefficient (Wildman–Crippen LogP) is 4.04. The van der Waals surface area contributed by atoms with Crippen molar-refractivity contribution in [3.8, 4) is 5.69 Å². The number of nitrogens with one attached hydrogen (secondary N) is 1. The average Bonchev–Trinajstić information content (AvgIpc) is 3.10.